The standard InChI is InChI=1S/C13H12N4S/c14-11-8-17-7-6-15-12(17)13(16-11)18-9-10-4-2-1-3-5-10/h1-8H,9,14H2. The Morgan fingerprint density at radius 3 is 2.89 bits per heavy atom. The van der Waals surface area contributed by atoms with Gasteiger partial charge in [0.1, 0.15) is 10.8 Å². The van der Waals surface area contributed by atoms with E-state index < -0.39 is 0 Å². The van der Waals surface area contributed by atoms with E-state index in [9.17, 15) is 0 Å². The molecule has 0 unspecified atom stereocenters. The Labute approximate surface area is 109 Å². The second kappa shape index (κ2) is 4.70. The molecule has 0 aliphatic carbocycles. The molecule has 0 amide bonds. The van der Waals surface area contributed by atoms with Gasteiger partial charge >= 0.3 is 0 Å². The molecule has 0 atom stereocenters. The maximum Gasteiger partial charge on any atom is 0.169 e. The van der Waals surface area contributed by atoms with Crippen molar-refractivity contribution in [3.63, 3.8) is 0 Å². The van der Waals surface area contributed by atoms with Crippen LogP contribution in [0.25, 0.3) is 5.65 Å². The molecule has 0 aliphatic rings. The maximum atomic E-state index is 5.78. The van der Waals surface area contributed by atoms with Crippen molar-refractivity contribution in [3.8, 4) is 0 Å². The van der Waals surface area contributed by atoms with Crippen LogP contribution < -0.4 is 5.73 Å². The average molecular weight is 256 g/mol. The van der Waals surface area contributed by atoms with Gasteiger partial charge in [0.15, 0.2) is 5.65 Å². The molecule has 4 nitrogen and oxygen atoms in total. The van der Waals surface area contributed by atoms with E-state index in [-0.39, 0.29) is 0 Å². The number of rotatable bonds is 3. The fraction of sp³-hybridized carbons (Fsp3) is 0.0769. The van der Waals surface area contributed by atoms with Gasteiger partial charge in [0.25, 0.3) is 0 Å². The molecule has 0 saturated heterocycles. The molecular weight excluding hydrogens is 244 g/mol. The Kier molecular flexibility index (Phi) is 2.90. The van der Waals surface area contributed by atoms with Crippen LogP contribution in [0, 0.1) is 0 Å². The van der Waals surface area contributed by atoms with Crippen molar-refractivity contribution >= 4 is 23.2 Å². The Bertz CT molecular complexity index is 663. The molecule has 0 aliphatic heterocycles. The number of nitrogens with two attached hydrogens (primary N) is 1. The number of imidazole rings is 1. The molecule has 0 spiro atoms. The highest BCUT2D eigenvalue weighted by molar-refractivity contribution is 7.98. The Morgan fingerprint density at radius 1 is 1.22 bits per heavy atom. The molecule has 0 fully saturated rings. The van der Waals surface area contributed by atoms with Crippen LogP contribution in [-0.2, 0) is 5.75 Å². The molecular formula is C13H12N4S. The molecule has 18 heavy (non-hydrogen) atoms. The minimum atomic E-state index is 0.510. The van der Waals surface area contributed by atoms with Crippen LogP contribution in [0.4, 0.5) is 5.82 Å². The van der Waals surface area contributed by atoms with Gasteiger partial charge in [0.05, 0.1) is 6.20 Å². The first-order valence-corrected chi connectivity index (χ1v) is 6.57. The van der Waals surface area contributed by atoms with Gasteiger partial charge in [-0.15, -0.1) is 0 Å². The zero-order valence-electron chi connectivity index (χ0n) is 9.65. The molecule has 3 aromatic rings. The zero-order valence-corrected chi connectivity index (χ0v) is 10.5. The number of nitrogen functional groups attached to an aromatic ring is 1. The number of fused-ring (bicyclic) bond motifs is 1. The van der Waals surface area contributed by atoms with Crippen LogP contribution in [-0.4, -0.2) is 14.4 Å². The Hall–Kier alpha value is -2.01. The molecule has 2 heterocycles. The average Bonchev–Trinajstić information content (AvgIpc) is 2.85. The van der Waals surface area contributed by atoms with E-state index in [0.29, 0.717) is 5.82 Å². The highest BCUT2D eigenvalue weighted by Crippen LogP contribution is 2.25. The van der Waals surface area contributed by atoms with Crippen LogP contribution in [0.3, 0.4) is 0 Å². The molecule has 0 radical (unpaired) electrons. The summed E-state index contributed by atoms with van der Waals surface area (Å²) in [5.74, 6) is 1.37. The second-order valence-electron chi connectivity index (χ2n) is 3.90. The van der Waals surface area contributed by atoms with Crippen LogP contribution in [0.2, 0.25) is 0 Å². The number of thioether (sulfide) groups is 1. The number of hydrogen-bond donors (Lipinski definition) is 1. The van der Waals surface area contributed by atoms with E-state index in [1.165, 1.54) is 5.56 Å². The van der Waals surface area contributed by atoms with Gasteiger partial charge in [-0.3, -0.25) is 0 Å². The number of benzene rings is 1. The summed E-state index contributed by atoms with van der Waals surface area (Å²) < 4.78 is 1.90. The summed E-state index contributed by atoms with van der Waals surface area (Å²) >= 11 is 1.65. The fourth-order valence-electron chi connectivity index (χ4n) is 1.74. The summed E-state index contributed by atoms with van der Waals surface area (Å²) in [5, 5.41) is 0.865. The first-order valence-electron chi connectivity index (χ1n) is 5.59. The molecule has 1 aromatic carbocycles. The van der Waals surface area contributed by atoms with E-state index in [1.54, 1.807) is 24.2 Å². The van der Waals surface area contributed by atoms with Gasteiger partial charge < -0.3 is 10.1 Å². The topological polar surface area (TPSA) is 56.2 Å². The van der Waals surface area contributed by atoms with Gasteiger partial charge in [-0.05, 0) is 5.56 Å². The van der Waals surface area contributed by atoms with Gasteiger partial charge in [0.2, 0.25) is 0 Å². The summed E-state index contributed by atoms with van der Waals surface area (Å²) in [4.78, 5) is 8.64. The van der Waals surface area contributed by atoms with Crippen molar-refractivity contribution in [2.45, 2.75) is 10.8 Å². The maximum absolute atomic E-state index is 5.78. The van der Waals surface area contributed by atoms with Crippen LogP contribution in [0.5, 0.6) is 0 Å². The minimum Gasteiger partial charge on any atom is -0.382 e. The summed E-state index contributed by atoms with van der Waals surface area (Å²) in [6, 6.07) is 10.3. The van der Waals surface area contributed by atoms with E-state index in [0.717, 1.165) is 16.4 Å². The van der Waals surface area contributed by atoms with E-state index in [2.05, 4.69) is 22.1 Å². The van der Waals surface area contributed by atoms with Gasteiger partial charge in [-0.1, -0.05) is 42.1 Å². The Balaban J connectivity index is 1.88. The third-order valence-electron chi connectivity index (χ3n) is 2.58. The fourth-order valence-corrected chi connectivity index (χ4v) is 2.70. The van der Waals surface area contributed by atoms with E-state index in [4.69, 9.17) is 5.73 Å². The molecule has 5 heteroatoms. The van der Waals surface area contributed by atoms with E-state index in [1.807, 2.05) is 28.8 Å². The van der Waals surface area contributed by atoms with Crippen LogP contribution in [0.15, 0.2) is 53.9 Å². The molecule has 2 N–H and O–H groups in total. The first kappa shape index (κ1) is 11.1. The lowest BCUT2D eigenvalue weighted by molar-refractivity contribution is 1.04. The normalized spacial score (nSPS) is 10.9. The summed E-state index contributed by atoms with van der Waals surface area (Å²) in [6.45, 7) is 0. The number of nitrogens with zero attached hydrogens (tertiary/aromatic N) is 3. The molecule has 2 aromatic heterocycles. The lowest BCUT2D eigenvalue weighted by Crippen LogP contribution is -1.97. The highest BCUT2D eigenvalue weighted by Gasteiger charge is 2.06. The quantitative estimate of drug-likeness (QED) is 0.732. The predicted molar refractivity (Wildman–Crippen MR) is 73.4 cm³/mol. The monoisotopic (exact) mass is 256 g/mol. The molecule has 3 rings (SSSR count). The molecule has 0 bridgehead atoms. The van der Waals surface area contributed by atoms with Gasteiger partial charge in [-0.25, -0.2) is 9.97 Å². The highest BCUT2D eigenvalue weighted by atomic mass is 32.2. The van der Waals surface area contributed by atoms with Crippen molar-refractivity contribution in [1.29, 1.82) is 0 Å². The molecule has 0 saturated carbocycles. The van der Waals surface area contributed by atoms with Crippen LogP contribution in [0.1, 0.15) is 5.56 Å². The zero-order chi connectivity index (χ0) is 12.4. The summed E-state index contributed by atoms with van der Waals surface area (Å²) in [5.41, 5.74) is 7.89. The second-order valence-corrected chi connectivity index (χ2v) is 4.87. The third kappa shape index (κ3) is 2.17. The summed E-state index contributed by atoms with van der Waals surface area (Å²) in [7, 11) is 0. The summed E-state index contributed by atoms with van der Waals surface area (Å²) in [6.07, 6.45) is 5.40. The minimum absolute atomic E-state index is 0.510. The largest absolute Gasteiger partial charge is 0.382 e. The van der Waals surface area contributed by atoms with Crippen molar-refractivity contribution in [1.82, 2.24) is 14.4 Å². The van der Waals surface area contributed by atoms with Gasteiger partial charge in [-0.2, -0.15) is 0 Å². The van der Waals surface area contributed by atoms with Crippen molar-refractivity contribution in [3.05, 3.63) is 54.5 Å². The predicted octanol–water partition coefficient (Wildman–Crippen LogP) is 2.60. The lowest BCUT2D eigenvalue weighted by atomic mass is 10.2. The van der Waals surface area contributed by atoms with Crippen LogP contribution >= 0.6 is 11.8 Å². The number of hydrogen-bond acceptors (Lipinski definition) is 4. The first-order chi connectivity index (χ1) is 8.83. The lowest BCUT2D eigenvalue weighted by Gasteiger charge is -2.04. The van der Waals surface area contributed by atoms with Crippen molar-refractivity contribution in [2.24, 2.45) is 0 Å². The van der Waals surface area contributed by atoms with Crippen molar-refractivity contribution in [2.75, 3.05) is 5.73 Å². The number of aromatic nitrogens is 3. The molecule has 90 valence electrons. The SMILES string of the molecule is Nc1cn2ccnc2c(SCc2ccccc2)n1. The Morgan fingerprint density at radius 2 is 2.06 bits per heavy atom. The van der Waals surface area contributed by atoms with E-state index >= 15 is 0 Å². The van der Waals surface area contributed by atoms with Gasteiger partial charge in [0, 0.05) is 18.1 Å². The third-order valence-corrected chi connectivity index (χ3v) is 3.61. The number of anilines is 1. The van der Waals surface area contributed by atoms with Crippen molar-refractivity contribution < 1.29 is 0 Å². The smallest absolute Gasteiger partial charge is 0.169 e.